The minimum atomic E-state index is -0.978. The number of hydrogen-bond acceptors (Lipinski definition) is 4. The second-order valence-corrected chi connectivity index (χ2v) is 9.55. The second kappa shape index (κ2) is 11.4. The van der Waals surface area contributed by atoms with Gasteiger partial charge in [0, 0.05) is 43.4 Å². The maximum Gasteiger partial charge on any atom is 0.315 e. The zero-order chi connectivity index (χ0) is 24.7. The van der Waals surface area contributed by atoms with Gasteiger partial charge in [0.05, 0.1) is 6.54 Å². The van der Waals surface area contributed by atoms with Gasteiger partial charge < -0.3 is 25.8 Å². The van der Waals surface area contributed by atoms with Crippen LogP contribution in [0.3, 0.4) is 0 Å². The average Bonchev–Trinajstić information content (AvgIpc) is 3.36. The molecule has 1 saturated heterocycles. The standard InChI is InChI=1S/C26H32ClN5O3/c27-21-8-10-22(11-9-21)31-14-16-32(17-15-31)23(33)19-28-24(34)26(12-4-5-13-26)30-25(35)29-18-20-6-2-1-3-7-20/h1-3,6-11H,4-5,12-19H2,(H,28,34)(H2,29,30,35). The lowest BCUT2D eigenvalue weighted by Gasteiger charge is -2.36. The summed E-state index contributed by atoms with van der Waals surface area (Å²) in [4.78, 5) is 42.4. The van der Waals surface area contributed by atoms with Crippen molar-refractivity contribution in [2.75, 3.05) is 37.6 Å². The van der Waals surface area contributed by atoms with E-state index in [0.717, 1.165) is 24.1 Å². The number of carbonyl (C=O) groups is 3. The Morgan fingerprint density at radius 3 is 2.17 bits per heavy atom. The molecule has 2 fully saturated rings. The maximum absolute atomic E-state index is 13.1. The molecule has 0 aromatic heterocycles. The molecule has 9 heteroatoms. The lowest BCUT2D eigenvalue weighted by molar-refractivity contribution is -0.134. The Hall–Kier alpha value is -3.26. The number of urea groups is 1. The van der Waals surface area contributed by atoms with E-state index >= 15 is 0 Å². The van der Waals surface area contributed by atoms with E-state index in [1.165, 1.54) is 0 Å². The van der Waals surface area contributed by atoms with Gasteiger partial charge in [-0.3, -0.25) is 9.59 Å². The quantitative estimate of drug-likeness (QED) is 0.548. The fraction of sp³-hybridized carbons (Fsp3) is 0.423. The van der Waals surface area contributed by atoms with E-state index in [-0.39, 0.29) is 24.4 Å². The van der Waals surface area contributed by atoms with Gasteiger partial charge >= 0.3 is 6.03 Å². The number of rotatable bonds is 7. The lowest BCUT2D eigenvalue weighted by atomic mass is 9.96. The van der Waals surface area contributed by atoms with Crippen molar-refractivity contribution in [2.24, 2.45) is 0 Å². The van der Waals surface area contributed by atoms with Crippen molar-refractivity contribution in [1.82, 2.24) is 20.9 Å². The fourth-order valence-corrected chi connectivity index (χ4v) is 4.86. The molecule has 8 nitrogen and oxygen atoms in total. The number of halogens is 1. The summed E-state index contributed by atoms with van der Waals surface area (Å²) in [6.45, 7) is 2.91. The number of hydrogen-bond donors (Lipinski definition) is 3. The van der Waals surface area contributed by atoms with Crippen LogP contribution in [0.1, 0.15) is 31.2 Å². The van der Waals surface area contributed by atoms with Crippen molar-refractivity contribution in [2.45, 2.75) is 37.8 Å². The van der Waals surface area contributed by atoms with Crippen LogP contribution in [0, 0.1) is 0 Å². The molecule has 186 valence electrons. The van der Waals surface area contributed by atoms with Crippen LogP contribution in [0.25, 0.3) is 0 Å². The van der Waals surface area contributed by atoms with Gasteiger partial charge in [0.1, 0.15) is 5.54 Å². The number of piperazine rings is 1. The summed E-state index contributed by atoms with van der Waals surface area (Å²) in [5, 5.41) is 9.20. The fourth-order valence-electron chi connectivity index (χ4n) is 4.73. The Labute approximate surface area is 211 Å². The van der Waals surface area contributed by atoms with Crippen molar-refractivity contribution >= 4 is 35.1 Å². The maximum atomic E-state index is 13.1. The first-order valence-corrected chi connectivity index (χ1v) is 12.5. The third kappa shape index (κ3) is 6.45. The SMILES string of the molecule is O=C(NCc1ccccc1)NC1(C(=O)NCC(=O)N2CCN(c3ccc(Cl)cc3)CC2)CCCC1. The van der Waals surface area contributed by atoms with Gasteiger partial charge in [0.15, 0.2) is 0 Å². The van der Waals surface area contributed by atoms with Gasteiger partial charge in [-0.25, -0.2) is 4.79 Å². The molecular weight excluding hydrogens is 466 g/mol. The first kappa shape index (κ1) is 24.9. The molecule has 0 unspecified atom stereocenters. The average molecular weight is 498 g/mol. The first-order chi connectivity index (χ1) is 16.9. The van der Waals surface area contributed by atoms with Crippen molar-refractivity contribution < 1.29 is 14.4 Å². The Morgan fingerprint density at radius 1 is 0.857 bits per heavy atom. The highest BCUT2D eigenvalue weighted by Gasteiger charge is 2.42. The summed E-state index contributed by atoms with van der Waals surface area (Å²) in [5.41, 5.74) is 1.08. The first-order valence-electron chi connectivity index (χ1n) is 12.1. The van der Waals surface area contributed by atoms with Crippen LogP contribution >= 0.6 is 11.6 Å². The predicted molar refractivity (Wildman–Crippen MR) is 136 cm³/mol. The molecule has 0 atom stereocenters. The summed E-state index contributed by atoms with van der Waals surface area (Å²) in [5.74, 6) is -0.409. The van der Waals surface area contributed by atoms with Gasteiger partial charge in [-0.15, -0.1) is 0 Å². The largest absolute Gasteiger partial charge is 0.368 e. The molecule has 0 spiro atoms. The summed E-state index contributed by atoms with van der Waals surface area (Å²) >= 11 is 5.97. The van der Waals surface area contributed by atoms with Crippen LogP contribution in [0.2, 0.25) is 5.02 Å². The van der Waals surface area contributed by atoms with Crippen LogP contribution in [0.5, 0.6) is 0 Å². The minimum absolute atomic E-state index is 0.0746. The van der Waals surface area contributed by atoms with Crippen LogP contribution in [-0.2, 0) is 16.1 Å². The van der Waals surface area contributed by atoms with E-state index < -0.39 is 5.54 Å². The van der Waals surface area contributed by atoms with Gasteiger partial charge in [-0.2, -0.15) is 0 Å². The Morgan fingerprint density at radius 2 is 1.51 bits per heavy atom. The topological polar surface area (TPSA) is 93.8 Å². The Bertz CT molecular complexity index is 1020. The van der Waals surface area contributed by atoms with Gasteiger partial charge in [0.2, 0.25) is 11.8 Å². The minimum Gasteiger partial charge on any atom is -0.368 e. The lowest BCUT2D eigenvalue weighted by Crippen LogP contribution is -2.60. The highest BCUT2D eigenvalue weighted by Crippen LogP contribution is 2.30. The van der Waals surface area contributed by atoms with Gasteiger partial charge in [-0.1, -0.05) is 54.8 Å². The molecule has 35 heavy (non-hydrogen) atoms. The third-order valence-corrected chi connectivity index (χ3v) is 7.02. The second-order valence-electron chi connectivity index (χ2n) is 9.11. The Balaban J connectivity index is 1.24. The van der Waals surface area contributed by atoms with Crippen LogP contribution in [-0.4, -0.2) is 61.0 Å². The molecule has 1 saturated carbocycles. The molecule has 2 aromatic rings. The van der Waals surface area contributed by atoms with Crippen LogP contribution < -0.4 is 20.9 Å². The highest BCUT2D eigenvalue weighted by molar-refractivity contribution is 6.30. The molecule has 3 N–H and O–H groups in total. The summed E-state index contributed by atoms with van der Waals surface area (Å²) in [6, 6.07) is 16.9. The molecule has 1 aliphatic heterocycles. The molecule has 2 aliphatic rings. The monoisotopic (exact) mass is 497 g/mol. The Kier molecular flexibility index (Phi) is 8.13. The molecule has 4 amide bonds. The highest BCUT2D eigenvalue weighted by atomic mass is 35.5. The summed E-state index contributed by atoms with van der Waals surface area (Å²) < 4.78 is 0. The molecule has 0 radical (unpaired) electrons. The van der Waals surface area contributed by atoms with Crippen molar-refractivity contribution in [1.29, 1.82) is 0 Å². The third-order valence-electron chi connectivity index (χ3n) is 6.76. The van der Waals surface area contributed by atoms with E-state index in [2.05, 4.69) is 20.9 Å². The number of nitrogens with one attached hydrogen (secondary N) is 3. The van der Waals surface area contributed by atoms with Crippen molar-refractivity contribution in [3.8, 4) is 0 Å². The van der Waals surface area contributed by atoms with Crippen molar-refractivity contribution in [3.05, 3.63) is 65.2 Å². The van der Waals surface area contributed by atoms with E-state index in [9.17, 15) is 14.4 Å². The van der Waals surface area contributed by atoms with E-state index in [1.807, 2.05) is 54.6 Å². The van der Waals surface area contributed by atoms with Crippen LogP contribution in [0.4, 0.5) is 10.5 Å². The van der Waals surface area contributed by atoms with Crippen LogP contribution in [0.15, 0.2) is 54.6 Å². The van der Waals surface area contributed by atoms with Gasteiger partial charge in [0.25, 0.3) is 0 Å². The zero-order valence-corrected chi connectivity index (χ0v) is 20.5. The van der Waals surface area contributed by atoms with Gasteiger partial charge in [-0.05, 0) is 42.7 Å². The molecule has 0 bridgehead atoms. The molecule has 1 heterocycles. The molecular formula is C26H32ClN5O3. The zero-order valence-electron chi connectivity index (χ0n) is 19.8. The number of nitrogens with zero attached hydrogens (tertiary/aromatic N) is 2. The number of anilines is 1. The molecule has 1 aliphatic carbocycles. The smallest absolute Gasteiger partial charge is 0.315 e. The number of amides is 4. The summed E-state index contributed by atoms with van der Waals surface area (Å²) in [7, 11) is 0. The van der Waals surface area contributed by atoms with Crippen molar-refractivity contribution in [3.63, 3.8) is 0 Å². The predicted octanol–water partition coefficient (Wildman–Crippen LogP) is 2.92. The van der Waals surface area contributed by atoms with E-state index in [4.69, 9.17) is 11.6 Å². The molecule has 2 aromatic carbocycles. The molecule has 4 rings (SSSR count). The summed E-state index contributed by atoms with van der Waals surface area (Å²) in [6.07, 6.45) is 2.83. The van der Waals surface area contributed by atoms with E-state index in [1.54, 1.807) is 4.90 Å². The van der Waals surface area contributed by atoms with E-state index in [0.29, 0.717) is 50.6 Å². The number of benzene rings is 2. The number of carbonyl (C=O) groups excluding carboxylic acids is 3. The normalized spacial score (nSPS) is 17.1.